The van der Waals surface area contributed by atoms with Crippen molar-refractivity contribution in [3.63, 3.8) is 0 Å². The quantitative estimate of drug-likeness (QED) is 0.245. The summed E-state index contributed by atoms with van der Waals surface area (Å²) in [6.45, 7) is 1.87. The van der Waals surface area contributed by atoms with E-state index < -0.39 is 10.8 Å². The minimum atomic E-state index is -0.636. The molecule has 5 N–H and O–H groups in total. The van der Waals surface area contributed by atoms with Crippen molar-refractivity contribution in [2.45, 2.75) is 6.92 Å². The first-order valence-corrected chi connectivity index (χ1v) is 5.73. The first kappa shape index (κ1) is 15.4. The van der Waals surface area contributed by atoms with Crippen molar-refractivity contribution in [1.29, 1.82) is 0 Å². The molecule has 20 heavy (non-hydrogen) atoms. The van der Waals surface area contributed by atoms with Crippen molar-refractivity contribution in [2.24, 2.45) is 5.84 Å². The predicted molar refractivity (Wildman–Crippen MR) is 71.9 cm³/mol. The van der Waals surface area contributed by atoms with Crippen molar-refractivity contribution in [2.75, 3.05) is 18.5 Å². The molecule has 108 valence electrons. The number of nitrogens with two attached hydrogens (primary N) is 1. The number of nitro groups is 1. The van der Waals surface area contributed by atoms with Gasteiger partial charge in [-0.1, -0.05) is 0 Å². The first-order valence-electron chi connectivity index (χ1n) is 5.73. The van der Waals surface area contributed by atoms with E-state index >= 15 is 0 Å². The second-order valence-electron chi connectivity index (χ2n) is 3.87. The Balaban J connectivity index is 2.71. The highest BCUT2D eigenvalue weighted by Gasteiger charge is 2.16. The molecular weight excluding hydrogens is 266 g/mol. The van der Waals surface area contributed by atoms with Crippen LogP contribution in [0.25, 0.3) is 0 Å². The lowest BCUT2D eigenvalue weighted by atomic mass is 10.1. The van der Waals surface area contributed by atoms with Crippen molar-refractivity contribution in [3.05, 3.63) is 33.9 Å². The number of carbonyl (C=O) groups is 2. The highest BCUT2D eigenvalue weighted by Crippen LogP contribution is 2.24. The van der Waals surface area contributed by atoms with Gasteiger partial charge >= 0.3 is 0 Å². The van der Waals surface area contributed by atoms with Crippen LogP contribution in [0.2, 0.25) is 0 Å². The number of hydrogen-bond acceptors (Lipinski definition) is 6. The molecule has 0 fully saturated rings. The number of hydrazine groups is 1. The van der Waals surface area contributed by atoms with Crippen LogP contribution in [-0.4, -0.2) is 29.8 Å². The monoisotopic (exact) mass is 281 g/mol. The van der Waals surface area contributed by atoms with Crippen LogP contribution in [0.1, 0.15) is 17.3 Å². The van der Waals surface area contributed by atoms with Crippen LogP contribution >= 0.6 is 0 Å². The van der Waals surface area contributed by atoms with Gasteiger partial charge in [-0.05, 0) is 12.1 Å². The van der Waals surface area contributed by atoms with Crippen molar-refractivity contribution >= 4 is 23.2 Å². The summed E-state index contributed by atoms with van der Waals surface area (Å²) >= 11 is 0. The van der Waals surface area contributed by atoms with Crippen LogP contribution in [0.5, 0.6) is 0 Å². The van der Waals surface area contributed by atoms with Crippen molar-refractivity contribution in [3.8, 4) is 0 Å². The maximum atomic E-state index is 11.8. The SMILES string of the molecule is CC(=O)NCCNC(=O)c1ccc(NN)c([N+](=O)[O-])c1. The highest BCUT2D eigenvalue weighted by molar-refractivity contribution is 5.95. The fraction of sp³-hybridized carbons (Fsp3) is 0.273. The lowest BCUT2D eigenvalue weighted by Gasteiger charge is -2.07. The van der Waals surface area contributed by atoms with Gasteiger partial charge in [0.2, 0.25) is 5.91 Å². The Morgan fingerprint density at radius 2 is 1.95 bits per heavy atom. The molecule has 0 bridgehead atoms. The zero-order valence-electron chi connectivity index (χ0n) is 10.8. The number of nitrogen functional groups attached to an aromatic ring is 1. The first-order chi connectivity index (χ1) is 9.45. The molecule has 0 saturated carbocycles. The lowest BCUT2D eigenvalue weighted by Crippen LogP contribution is -2.33. The van der Waals surface area contributed by atoms with Gasteiger partial charge in [0.15, 0.2) is 0 Å². The molecule has 1 aromatic rings. The molecule has 0 aliphatic carbocycles. The predicted octanol–water partition coefficient (Wildman–Crippen LogP) is -0.254. The summed E-state index contributed by atoms with van der Waals surface area (Å²) in [6, 6.07) is 3.89. The number of nitrogens with one attached hydrogen (secondary N) is 3. The van der Waals surface area contributed by atoms with E-state index in [0.29, 0.717) is 0 Å². The van der Waals surface area contributed by atoms with Gasteiger partial charge in [-0.25, -0.2) is 0 Å². The number of nitrogens with zero attached hydrogens (tertiary/aromatic N) is 1. The summed E-state index contributed by atoms with van der Waals surface area (Å²) in [5.74, 6) is 4.47. The van der Waals surface area contributed by atoms with E-state index in [1.165, 1.54) is 19.1 Å². The summed E-state index contributed by atoms with van der Waals surface area (Å²) in [5, 5.41) is 15.9. The van der Waals surface area contributed by atoms with Crippen molar-refractivity contribution in [1.82, 2.24) is 10.6 Å². The Labute approximate surface area is 114 Å². The molecule has 0 unspecified atom stereocenters. The van der Waals surface area contributed by atoms with E-state index in [9.17, 15) is 19.7 Å². The molecule has 0 heterocycles. The molecule has 0 spiro atoms. The van der Waals surface area contributed by atoms with Gasteiger partial charge in [0.25, 0.3) is 11.6 Å². The summed E-state index contributed by atoms with van der Waals surface area (Å²) in [4.78, 5) is 32.6. The summed E-state index contributed by atoms with van der Waals surface area (Å²) in [6.07, 6.45) is 0. The Hall–Kier alpha value is -2.68. The molecule has 0 radical (unpaired) electrons. The normalized spacial score (nSPS) is 9.70. The Morgan fingerprint density at radius 1 is 1.30 bits per heavy atom. The summed E-state index contributed by atoms with van der Waals surface area (Å²) < 4.78 is 0. The van der Waals surface area contributed by atoms with Crippen LogP contribution in [0, 0.1) is 10.1 Å². The summed E-state index contributed by atoms with van der Waals surface area (Å²) in [5.41, 5.74) is 2.15. The maximum absolute atomic E-state index is 11.8. The third kappa shape index (κ3) is 4.21. The second kappa shape index (κ2) is 7.04. The van der Waals surface area contributed by atoms with Gasteiger partial charge in [-0.2, -0.15) is 0 Å². The number of rotatable bonds is 6. The molecule has 9 heteroatoms. The topological polar surface area (TPSA) is 139 Å². The van der Waals surface area contributed by atoms with Gasteiger partial charge in [0.1, 0.15) is 5.69 Å². The fourth-order valence-corrected chi connectivity index (χ4v) is 1.46. The number of amides is 2. The minimum Gasteiger partial charge on any atom is -0.355 e. The standard InChI is InChI=1S/C11H15N5O4/c1-7(17)13-4-5-14-11(18)8-2-3-9(15-12)10(6-8)16(19)20/h2-3,6,15H,4-5,12H2,1H3,(H,13,17)(H,14,18). The second-order valence-corrected chi connectivity index (χ2v) is 3.87. The molecule has 0 aromatic heterocycles. The maximum Gasteiger partial charge on any atom is 0.294 e. The molecule has 9 nitrogen and oxygen atoms in total. The van der Waals surface area contributed by atoms with Gasteiger partial charge < -0.3 is 16.1 Å². The largest absolute Gasteiger partial charge is 0.355 e. The van der Waals surface area contributed by atoms with Crippen LogP contribution in [0.4, 0.5) is 11.4 Å². The van der Waals surface area contributed by atoms with Gasteiger partial charge in [0, 0.05) is 31.6 Å². The zero-order chi connectivity index (χ0) is 15.1. The molecule has 1 aromatic carbocycles. The van der Waals surface area contributed by atoms with E-state index in [1.807, 2.05) is 0 Å². The molecule has 0 saturated heterocycles. The Bertz CT molecular complexity index is 532. The smallest absolute Gasteiger partial charge is 0.294 e. The number of nitro benzene ring substituents is 1. The molecule has 0 aliphatic rings. The number of benzene rings is 1. The number of anilines is 1. The van der Waals surface area contributed by atoms with Crippen LogP contribution in [-0.2, 0) is 4.79 Å². The van der Waals surface area contributed by atoms with E-state index in [4.69, 9.17) is 5.84 Å². The highest BCUT2D eigenvalue weighted by atomic mass is 16.6. The average molecular weight is 281 g/mol. The number of hydrogen-bond donors (Lipinski definition) is 4. The van der Waals surface area contributed by atoms with Gasteiger partial charge in [-0.3, -0.25) is 25.5 Å². The minimum absolute atomic E-state index is 0.116. The third-order valence-electron chi connectivity index (χ3n) is 2.40. The van der Waals surface area contributed by atoms with Crippen molar-refractivity contribution < 1.29 is 14.5 Å². The van der Waals surface area contributed by atoms with Crippen LogP contribution in [0.15, 0.2) is 18.2 Å². The zero-order valence-corrected chi connectivity index (χ0v) is 10.8. The summed E-state index contributed by atoms with van der Waals surface area (Å²) in [7, 11) is 0. The van der Waals surface area contributed by atoms with E-state index in [2.05, 4.69) is 16.1 Å². The van der Waals surface area contributed by atoms with Crippen LogP contribution in [0.3, 0.4) is 0 Å². The van der Waals surface area contributed by atoms with E-state index in [-0.39, 0.29) is 35.9 Å². The van der Waals surface area contributed by atoms with Gasteiger partial charge in [0.05, 0.1) is 4.92 Å². The third-order valence-corrected chi connectivity index (χ3v) is 2.40. The number of carbonyl (C=O) groups excluding carboxylic acids is 2. The fourth-order valence-electron chi connectivity index (χ4n) is 1.46. The molecule has 2 amide bonds. The van der Waals surface area contributed by atoms with E-state index in [1.54, 1.807) is 0 Å². The average Bonchev–Trinajstić information content (AvgIpc) is 2.42. The Morgan fingerprint density at radius 3 is 2.50 bits per heavy atom. The molecule has 0 atom stereocenters. The molecular formula is C11H15N5O4. The molecule has 1 rings (SSSR count). The van der Waals surface area contributed by atoms with Crippen LogP contribution < -0.4 is 21.9 Å². The van der Waals surface area contributed by atoms with Gasteiger partial charge in [-0.15, -0.1) is 0 Å². The molecule has 0 aliphatic heterocycles. The van der Waals surface area contributed by atoms with E-state index in [0.717, 1.165) is 6.07 Å². The lowest BCUT2D eigenvalue weighted by molar-refractivity contribution is -0.384. The Kier molecular flexibility index (Phi) is 5.42.